The first-order valence-electron chi connectivity index (χ1n) is 8.94. The van der Waals surface area contributed by atoms with Crippen molar-refractivity contribution in [3.63, 3.8) is 0 Å². The van der Waals surface area contributed by atoms with Crippen molar-refractivity contribution in [2.75, 3.05) is 18.5 Å². The van der Waals surface area contributed by atoms with E-state index in [0.29, 0.717) is 23.6 Å². The fraction of sp³-hybridized carbons (Fsp3) is 0.350. The number of benzene rings is 2. The molecule has 0 unspecified atom stereocenters. The van der Waals surface area contributed by atoms with E-state index in [-0.39, 0.29) is 16.8 Å². The van der Waals surface area contributed by atoms with E-state index in [1.807, 2.05) is 26.0 Å². The average Bonchev–Trinajstić information content (AvgIpc) is 3.07. The molecule has 1 aliphatic rings. The maximum Gasteiger partial charge on any atom is 0.265 e. The first kappa shape index (κ1) is 20.0. The molecule has 0 aromatic heterocycles. The molecule has 8 heteroatoms. The Labute approximate surface area is 165 Å². The summed E-state index contributed by atoms with van der Waals surface area (Å²) in [5.41, 5.74) is 1.33. The first-order valence-corrected chi connectivity index (χ1v) is 10.4. The van der Waals surface area contributed by atoms with Gasteiger partial charge in [-0.3, -0.25) is 9.10 Å². The predicted molar refractivity (Wildman–Crippen MR) is 106 cm³/mol. The molecule has 3 rings (SSSR count). The number of anilines is 1. The van der Waals surface area contributed by atoms with Crippen LogP contribution in [0.15, 0.2) is 47.4 Å². The van der Waals surface area contributed by atoms with E-state index in [1.165, 1.54) is 36.7 Å². The molecule has 1 amide bonds. The van der Waals surface area contributed by atoms with Crippen molar-refractivity contribution >= 4 is 21.6 Å². The fourth-order valence-electron chi connectivity index (χ4n) is 3.33. The molecule has 2 aromatic carbocycles. The molecule has 7 nitrogen and oxygen atoms in total. The highest BCUT2D eigenvalue weighted by molar-refractivity contribution is 7.93. The van der Waals surface area contributed by atoms with Crippen LogP contribution in [0.2, 0.25) is 0 Å². The zero-order valence-corrected chi connectivity index (χ0v) is 17.1. The van der Waals surface area contributed by atoms with Crippen LogP contribution in [-0.2, 0) is 21.2 Å². The van der Waals surface area contributed by atoms with Crippen LogP contribution in [0.25, 0.3) is 0 Å². The Bertz CT molecular complexity index is 988. The monoisotopic (exact) mass is 404 g/mol. The van der Waals surface area contributed by atoms with Crippen molar-refractivity contribution in [3.05, 3.63) is 48.0 Å². The van der Waals surface area contributed by atoms with Crippen LogP contribution in [0.4, 0.5) is 5.69 Å². The van der Waals surface area contributed by atoms with Gasteiger partial charge < -0.3 is 14.8 Å². The normalized spacial score (nSPS) is 16.0. The van der Waals surface area contributed by atoms with Gasteiger partial charge in [-0.15, -0.1) is 0 Å². The summed E-state index contributed by atoms with van der Waals surface area (Å²) in [6.07, 6.45) is 0.321. The Morgan fingerprint density at radius 2 is 1.79 bits per heavy atom. The van der Waals surface area contributed by atoms with Crippen molar-refractivity contribution in [2.24, 2.45) is 0 Å². The summed E-state index contributed by atoms with van der Waals surface area (Å²) in [5, 5.41) is 2.82. The minimum atomic E-state index is -4.00. The van der Waals surface area contributed by atoms with Gasteiger partial charge in [-0.2, -0.15) is 0 Å². The molecular formula is C20H24N2O5S. The van der Waals surface area contributed by atoms with Gasteiger partial charge in [-0.05, 0) is 37.6 Å². The Morgan fingerprint density at radius 3 is 2.43 bits per heavy atom. The number of hydrogen-bond acceptors (Lipinski definition) is 5. The molecule has 0 fully saturated rings. The molecule has 0 aliphatic carbocycles. The highest BCUT2D eigenvalue weighted by Crippen LogP contribution is 2.38. The zero-order chi connectivity index (χ0) is 20.5. The number of amides is 1. The quantitative estimate of drug-likeness (QED) is 0.799. The van der Waals surface area contributed by atoms with E-state index >= 15 is 0 Å². The second-order valence-electron chi connectivity index (χ2n) is 6.83. The van der Waals surface area contributed by atoms with Crippen LogP contribution in [0.3, 0.4) is 0 Å². The van der Waals surface area contributed by atoms with Gasteiger partial charge in [-0.25, -0.2) is 8.42 Å². The van der Waals surface area contributed by atoms with E-state index in [0.717, 1.165) is 5.56 Å². The first-order chi connectivity index (χ1) is 13.3. The maximum absolute atomic E-state index is 13.5. The summed E-state index contributed by atoms with van der Waals surface area (Å²) in [5.74, 6) is 0.409. The Morgan fingerprint density at radius 1 is 1.11 bits per heavy atom. The van der Waals surface area contributed by atoms with Crippen molar-refractivity contribution in [1.82, 2.24) is 5.32 Å². The van der Waals surface area contributed by atoms with E-state index in [4.69, 9.17) is 9.47 Å². The van der Waals surface area contributed by atoms with Gasteiger partial charge in [-0.1, -0.05) is 18.2 Å². The third-order valence-corrected chi connectivity index (χ3v) is 6.39. The molecule has 2 aromatic rings. The number of nitrogens with one attached hydrogen (secondary N) is 1. The zero-order valence-electron chi connectivity index (χ0n) is 16.3. The molecule has 1 atom stereocenters. The molecule has 0 spiro atoms. The van der Waals surface area contributed by atoms with Gasteiger partial charge in [0, 0.05) is 18.5 Å². The molecule has 1 aliphatic heterocycles. The number of para-hydroxylation sites is 1. The summed E-state index contributed by atoms with van der Waals surface area (Å²) < 4.78 is 38.7. The Hall–Kier alpha value is -2.74. The second-order valence-corrected chi connectivity index (χ2v) is 8.64. The average molecular weight is 404 g/mol. The Kier molecular flexibility index (Phi) is 5.51. The third-order valence-electron chi connectivity index (χ3n) is 4.57. The van der Waals surface area contributed by atoms with Gasteiger partial charge in [0.1, 0.15) is 6.04 Å². The third kappa shape index (κ3) is 3.52. The SMILES string of the molecule is COc1ccc(S(=O)(=O)N2c3ccccc3C[C@H]2C(=O)NC(C)C)cc1OC. The molecular weight excluding hydrogens is 380 g/mol. The summed E-state index contributed by atoms with van der Waals surface area (Å²) in [4.78, 5) is 12.8. The van der Waals surface area contributed by atoms with Crippen molar-refractivity contribution in [3.8, 4) is 11.5 Å². The number of sulfonamides is 1. The van der Waals surface area contributed by atoms with E-state index in [2.05, 4.69) is 5.32 Å². The lowest BCUT2D eigenvalue weighted by Gasteiger charge is -2.27. The number of methoxy groups -OCH3 is 2. The van der Waals surface area contributed by atoms with Crippen molar-refractivity contribution in [1.29, 1.82) is 0 Å². The van der Waals surface area contributed by atoms with Crippen LogP contribution in [-0.4, -0.2) is 40.6 Å². The highest BCUT2D eigenvalue weighted by Gasteiger charge is 2.42. The van der Waals surface area contributed by atoms with Gasteiger partial charge >= 0.3 is 0 Å². The van der Waals surface area contributed by atoms with Gasteiger partial charge in [0.25, 0.3) is 10.0 Å². The van der Waals surface area contributed by atoms with Crippen LogP contribution in [0, 0.1) is 0 Å². The number of rotatable bonds is 6. The number of ether oxygens (including phenoxy) is 2. The molecule has 0 saturated heterocycles. The molecule has 150 valence electrons. The topological polar surface area (TPSA) is 84.9 Å². The molecule has 28 heavy (non-hydrogen) atoms. The minimum Gasteiger partial charge on any atom is -0.493 e. The van der Waals surface area contributed by atoms with Gasteiger partial charge in [0.05, 0.1) is 24.8 Å². The van der Waals surface area contributed by atoms with Crippen LogP contribution in [0.5, 0.6) is 11.5 Å². The molecule has 0 radical (unpaired) electrons. The van der Waals surface area contributed by atoms with Crippen LogP contribution in [0.1, 0.15) is 19.4 Å². The minimum absolute atomic E-state index is 0.0317. The van der Waals surface area contributed by atoms with Crippen LogP contribution < -0.4 is 19.1 Å². The van der Waals surface area contributed by atoms with Gasteiger partial charge in [0.2, 0.25) is 5.91 Å². The lowest BCUT2D eigenvalue weighted by atomic mass is 10.1. The largest absolute Gasteiger partial charge is 0.493 e. The van der Waals surface area contributed by atoms with E-state index in [1.54, 1.807) is 12.1 Å². The molecule has 1 heterocycles. The fourth-order valence-corrected chi connectivity index (χ4v) is 4.99. The van der Waals surface area contributed by atoms with E-state index < -0.39 is 16.1 Å². The van der Waals surface area contributed by atoms with Gasteiger partial charge in [0.15, 0.2) is 11.5 Å². The van der Waals surface area contributed by atoms with E-state index in [9.17, 15) is 13.2 Å². The van der Waals surface area contributed by atoms with Crippen LogP contribution >= 0.6 is 0 Å². The smallest absolute Gasteiger partial charge is 0.265 e. The Balaban J connectivity index is 2.10. The van der Waals surface area contributed by atoms with Crippen molar-refractivity contribution in [2.45, 2.75) is 37.2 Å². The summed E-state index contributed by atoms with van der Waals surface area (Å²) in [7, 11) is -1.08. The lowest BCUT2D eigenvalue weighted by molar-refractivity contribution is -0.122. The lowest BCUT2D eigenvalue weighted by Crippen LogP contribution is -2.49. The van der Waals surface area contributed by atoms with Crippen molar-refractivity contribution < 1.29 is 22.7 Å². The maximum atomic E-state index is 13.5. The molecule has 1 N–H and O–H groups in total. The summed E-state index contributed by atoms with van der Waals surface area (Å²) in [6.45, 7) is 3.68. The number of fused-ring (bicyclic) bond motifs is 1. The second kappa shape index (κ2) is 7.71. The summed E-state index contributed by atoms with van der Waals surface area (Å²) in [6, 6.07) is 10.6. The number of carbonyl (C=O) groups is 1. The molecule has 0 bridgehead atoms. The highest BCUT2D eigenvalue weighted by atomic mass is 32.2. The number of hydrogen-bond donors (Lipinski definition) is 1. The standard InChI is InChI=1S/C20H24N2O5S/c1-13(2)21-20(23)17-11-14-7-5-6-8-16(14)22(17)28(24,25)15-9-10-18(26-3)19(12-15)27-4/h5-10,12-13,17H,11H2,1-4H3,(H,21,23)/t17-/m0/s1. The number of carbonyl (C=O) groups excluding carboxylic acids is 1. The predicted octanol–water partition coefficient (Wildman–Crippen LogP) is 2.35. The summed E-state index contributed by atoms with van der Waals surface area (Å²) >= 11 is 0. The molecule has 0 saturated carbocycles. The number of nitrogens with zero attached hydrogens (tertiary/aromatic N) is 1.